The fourth-order valence-corrected chi connectivity index (χ4v) is 5.69. The van der Waals surface area contributed by atoms with Gasteiger partial charge in [0.2, 0.25) is 5.91 Å². The van der Waals surface area contributed by atoms with Gasteiger partial charge in [0.05, 0.1) is 23.8 Å². The van der Waals surface area contributed by atoms with Crippen LogP contribution in [0.15, 0.2) is 64.5 Å². The van der Waals surface area contributed by atoms with Crippen molar-refractivity contribution in [2.24, 2.45) is 0 Å². The molecule has 0 spiro atoms. The molecule has 4 aromatic rings. The molecule has 1 amide bonds. The third kappa shape index (κ3) is 4.94. The molecule has 4 rings (SSSR count). The van der Waals surface area contributed by atoms with Crippen molar-refractivity contribution < 1.29 is 9.53 Å². The van der Waals surface area contributed by atoms with Crippen molar-refractivity contribution in [2.45, 2.75) is 37.7 Å². The lowest BCUT2D eigenvalue weighted by Crippen LogP contribution is -2.28. The highest BCUT2D eigenvalue weighted by Gasteiger charge is 2.22. The Morgan fingerprint density at radius 1 is 1.15 bits per heavy atom. The quantitative estimate of drug-likeness (QED) is 0.259. The number of aryl methyl sites for hydroxylation is 2. The number of carbonyl (C=O) groups is 1. The van der Waals surface area contributed by atoms with Crippen molar-refractivity contribution >= 4 is 44.9 Å². The van der Waals surface area contributed by atoms with E-state index in [0.717, 1.165) is 27.3 Å². The summed E-state index contributed by atoms with van der Waals surface area (Å²) in [5.74, 6) is -0.153. The van der Waals surface area contributed by atoms with Gasteiger partial charge in [-0.1, -0.05) is 60.3 Å². The summed E-state index contributed by atoms with van der Waals surface area (Å²) in [7, 11) is 1.60. The Labute approximate surface area is 207 Å². The molecule has 0 saturated heterocycles. The SMILES string of the molecule is COCCn1c(S[C@@H](C)C(=O)Nc2ccccc2-c2ccccc2)nc2sc(C)c(C)c2c1=O. The molecule has 0 saturated carbocycles. The fraction of sp³-hybridized carbons (Fsp3) is 0.269. The Bertz CT molecular complexity index is 1380. The van der Waals surface area contributed by atoms with Gasteiger partial charge >= 0.3 is 0 Å². The smallest absolute Gasteiger partial charge is 0.263 e. The van der Waals surface area contributed by atoms with Crippen LogP contribution in [0.3, 0.4) is 0 Å². The van der Waals surface area contributed by atoms with E-state index in [4.69, 9.17) is 9.72 Å². The number of hydrogen-bond acceptors (Lipinski definition) is 6. The van der Waals surface area contributed by atoms with Crippen LogP contribution >= 0.6 is 23.1 Å². The summed E-state index contributed by atoms with van der Waals surface area (Å²) in [4.78, 5) is 33.0. The molecule has 0 aliphatic carbocycles. The number of rotatable bonds is 8. The predicted molar refractivity (Wildman–Crippen MR) is 141 cm³/mol. The zero-order valence-electron chi connectivity index (χ0n) is 19.6. The van der Waals surface area contributed by atoms with Crippen molar-refractivity contribution in [3.8, 4) is 11.1 Å². The first kappa shape index (κ1) is 24.2. The molecular formula is C26H27N3O3S2. The van der Waals surface area contributed by atoms with E-state index in [-0.39, 0.29) is 11.5 Å². The Balaban J connectivity index is 1.62. The number of methoxy groups -OCH3 is 1. The summed E-state index contributed by atoms with van der Waals surface area (Å²) < 4.78 is 6.84. The first-order valence-electron chi connectivity index (χ1n) is 11.0. The monoisotopic (exact) mass is 493 g/mol. The fourth-order valence-electron chi connectivity index (χ4n) is 3.69. The average Bonchev–Trinajstić information content (AvgIpc) is 3.12. The maximum absolute atomic E-state index is 13.3. The van der Waals surface area contributed by atoms with Gasteiger partial charge in [0.15, 0.2) is 5.16 Å². The number of carbonyl (C=O) groups excluding carboxylic acids is 1. The molecule has 176 valence electrons. The largest absolute Gasteiger partial charge is 0.383 e. The molecule has 0 fully saturated rings. The maximum Gasteiger partial charge on any atom is 0.263 e. The number of nitrogens with one attached hydrogen (secondary N) is 1. The zero-order valence-corrected chi connectivity index (χ0v) is 21.3. The topological polar surface area (TPSA) is 73.2 Å². The summed E-state index contributed by atoms with van der Waals surface area (Å²) in [6.45, 7) is 6.53. The molecular weight excluding hydrogens is 466 g/mol. The van der Waals surface area contributed by atoms with Crippen LogP contribution in [-0.2, 0) is 16.1 Å². The molecule has 0 unspecified atom stereocenters. The molecule has 0 aliphatic heterocycles. The molecule has 1 N–H and O–H groups in total. The lowest BCUT2D eigenvalue weighted by atomic mass is 10.0. The van der Waals surface area contributed by atoms with Crippen molar-refractivity contribution in [1.29, 1.82) is 0 Å². The number of benzene rings is 2. The Kier molecular flexibility index (Phi) is 7.50. The van der Waals surface area contributed by atoms with Crippen LogP contribution in [0.2, 0.25) is 0 Å². The molecule has 8 heteroatoms. The Morgan fingerprint density at radius 3 is 2.59 bits per heavy atom. The van der Waals surface area contributed by atoms with Gasteiger partial charge in [-0.25, -0.2) is 4.98 Å². The van der Waals surface area contributed by atoms with Crippen LogP contribution in [0.4, 0.5) is 5.69 Å². The number of ether oxygens (including phenoxy) is 1. The molecule has 1 atom stereocenters. The van der Waals surface area contributed by atoms with Crippen LogP contribution in [-0.4, -0.2) is 34.4 Å². The normalized spacial score (nSPS) is 12.1. The third-order valence-corrected chi connectivity index (χ3v) is 7.89. The molecule has 0 aliphatic rings. The first-order chi connectivity index (χ1) is 16.4. The van der Waals surface area contributed by atoms with Gasteiger partial charge < -0.3 is 10.1 Å². The van der Waals surface area contributed by atoms with Gasteiger partial charge in [0.1, 0.15) is 4.83 Å². The van der Waals surface area contributed by atoms with Crippen molar-refractivity contribution in [3.05, 3.63) is 75.4 Å². The van der Waals surface area contributed by atoms with Gasteiger partial charge in [-0.3, -0.25) is 14.2 Å². The highest BCUT2D eigenvalue weighted by atomic mass is 32.2. The second-order valence-corrected chi connectivity index (χ2v) is 10.5. The lowest BCUT2D eigenvalue weighted by molar-refractivity contribution is -0.115. The molecule has 2 aromatic heterocycles. The number of anilines is 1. The second kappa shape index (κ2) is 10.5. The van der Waals surface area contributed by atoms with E-state index >= 15 is 0 Å². The molecule has 2 aromatic carbocycles. The van der Waals surface area contributed by atoms with Crippen LogP contribution in [0.1, 0.15) is 17.4 Å². The summed E-state index contributed by atoms with van der Waals surface area (Å²) in [5.41, 5.74) is 3.60. The number of amides is 1. The summed E-state index contributed by atoms with van der Waals surface area (Å²) in [6.07, 6.45) is 0. The minimum absolute atomic E-state index is 0.0894. The van der Waals surface area contributed by atoms with Gasteiger partial charge in [-0.05, 0) is 38.0 Å². The van der Waals surface area contributed by atoms with E-state index in [9.17, 15) is 9.59 Å². The molecule has 0 bridgehead atoms. The Morgan fingerprint density at radius 2 is 1.85 bits per heavy atom. The number of fused-ring (bicyclic) bond motifs is 1. The number of nitrogens with zero attached hydrogens (tertiary/aromatic N) is 2. The minimum Gasteiger partial charge on any atom is -0.383 e. The van der Waals surface area contributed by atoms with Gasteiger partial charge in [0, 0.05) is 23.2 Å². The predicted octanol–water partition coefficient (Wildman–Crippen LogP) is 5.51. The Hall–Kier alpha value is -2.94. The summed E-state index contributed by atoms with van der Waals surface area (Å²) >= 11 is 2.79. The number of para-hydroxylation sites is 1. The van der Waals surface area contributed by atoms with Crippen LogP contribution in [0, 0.1) is 13.8 Å². The number of hydrogen-bond donors (Lipinski definition) is 1. The molecule has 2 heterocycles. The van der Waals surface area contributed by atoms with Crippen molar-refractivity contribution in [2.75, 3.05) is 19.0 Å². The second-order valence-electron chi connectivity index (χ2n) is 7.97. The van der Waals surface area contributed by atoms with Crippen LogP contribution in [0.5, 0.6) is 0 Å². The van der Waals surface area contributed by atoms with E-state index in [2.05, 4.69) is 5.32 Å². The zero-order chi connectivity index (χ0) is 24.2. The molecule has 6 nitrogen and oxygen atoms in total. The van der Waals surface area contributed by atoms with Crippen molar-refractivity contribution in [1.82, 2.24) is 9.55 Å². The average molecular weight is 494 g/mol. The third-order valence-electron chi connectivity index (χ3n) is 5.69. The molecule has 0 radical (unpaired) electrons. The van der Waals surface area contributed by atoms with Crippen LogP contribution in [0.25, 0.3) is 21.3 Å². The highest BCUT2D eigenvalue weighted by molar-refractivity contribution is 8.00. The van der Waals surface area contributed by atoms with Crippen molar-refractivity contribution in [3.63, 3.8) is 0 Å². The van der Waals surface area contributed by atoms with E-state index in [1.807, 2.05) is 75.4 Å². The van der Waals surface area contributed by atoms with E-state index in [0.29, 0.717) is 28.5 Å². The van der Waals surface area contributed by atoms with E-state index < -0.39 is 5.25 Å². The highest BCUT2D eigenvalue weighted by Crippen LogP contribution is 2.31. The van der Waals surface area contributed by atoms with Gasteiger partial charge in [-0.15, -0.1) is 11.3 Å². The van der Waals surface area contributed by atoms with E-state index in [1.165, 1.54) is 23.1 Å². The van der Waals surface area contributed by atoms with Gasteiger partial charge in [-0.2, -0.15) is 0 Å². The first-order valence-corrected chi connectivity index (χ1v) is 12.7. The summed E-state index contributed by atoms with van der Waals surface area (Å²) in [5, 5.41) is 3.76. The van der Waals surface area contributed by atoms with Crippen LogP contribution < -0.4 is 10.9 Å². The number of thioether (sulfide) groups is 1. The van der Waals surface area contributed by atoms with Gasteiger partial charge in [0.25, 0.3) is 5.56 Å². The number of aromatic nitrogens is 2. The van der Waals surface area contributed by atoms with E-state index in [1.54, 1.807) is 11.7 Å². The summed E-state index contributed by atoms with van der Waals surface area (Å²) in [6, 6.07) is 17.7. The minimum atomic E-state index is -0.468. The standard InChI is InChI=1S/C26H27N3O3S2/c1-16-17(2)33-24-22(16)25(31)29(14-15-32-4)26(28-24)34-18(3)23(30)27-21-13-9-8-12-20(21)19-10-6-5-7-11-19/h5-13,18H,14-15H2,1-4H3,(H,27,30)/t18-/m0/s1. The maximum atomic E-state index is 13.3. The number of thiophene rings is 1. The lowest BCUT2D eigenvalue weighted by Gasteiger charge is -2.17. The molecule has 34 heavy (non-hydrogen) atoms.